The number of aromatic hydroxyl groups is 1. The van der Waals surface area contributed by atoms with Crippen LogP contribution in [0.25, 0.3) is 10.8 Å². The van der Waals surface area contributed by atoms with Crippen LogP contribution in [0.3, 0.4) is 0 Å². The fourth-order valence-corrected chi connectivity index (χ4v) is 2.86. The summed E-state index contributed by atoms with van der Waals surface area (Å²) in [5.74, 6) is -0.612. The minimum Gasteiger partial charge on any atom is -0.507 e. The Morgan fingerprint density at radius 2 is 2.08 bits per heavy atom. The van der Waals surface area contributed by atoms with Crippen LogP contribution < -0.4 is 4.74 Å². The Kier molecular flexibility index (Phi) is 4.83. The minimum absolute atomic E-state index is 0.0371. The molecule has 2 aromatic rings. The molecule has 0 radical (unpaired) electrons. The van der Waals surface area contributed by atoms with Crippen LogP contribution in [0.1, 0.15) is 30.6 Å². The van der Waals surface area contributed by atoms with Gasteiger partial charge < -0.3 is 24.1 Å². The van der Waals surface area contributed by atoms with E-state index in [1.54, 1.807) is 6.07 Å². The smallest absolute Gasteiger partial charge is 0.341 e. The standard InChI is InChI=1S/C19H22O6/c1-19(2)24-7-6-15(25-19)11-23-14-5-4-12-10-17(20)16(18(21)22-3)9-13(12)8-14/h4-5,8-10,15,20H,6-7,11H2,1-3H3/t15-/m0/s1. The SMILES string of the molecule is COC(=O)c1cc2cc(OC[C@@H]3CCOC(C)(C)O3)ccc2cc1O. The maximum Gasteiger partial charge on any atom is 0.341 e. The summed E-state index contributed by atoms with van der Waals surface area (Å²) in [7, 11) is 1.28. The zero-order valence-electron chi connectivity index (χ0n) is 14.6. The van der Waals surface area contributed by atoms with Crippen molar-refractivity contribution in [3.63, 3.8) is 0 Å². The molecule has 1 saturated heterocycles. The first-order chi connectivity index (χ1) is 11.9. The lowest BCUT2D eigenvalue weighted by Crippen LogP contribution is -2.42. The van der Waals surface area contributed by atoms with Crippen LogP contribution in [-0.2, 0) is 14.2 Å². The van der Waals surface area contributed by atoms with Crippen LogP contribution in [0, 0.1) is 0 Å². The third-order valence-corrected chi connectivity index (χ3v) is 4.11. The van der Waals surface area contributed by atoms with Crippen molar-refractivity contribution in [3.8, 4) is 11.5 Å². The van der Waals surface area contributed by atoms with Gasteiger partial charge in [-0.25, -0.2) is 4.79 Å². The molecule has 0 saturated carbocycles. The number of carbonyl (C=O) groups excluding carboxylic acids is 1. The van der Waals surface area contributed by atoms with Gasteiger partial charge in [0.15, 0.2) is 5.79 Å². The highest BCUT2D eigenvalue weighted by atomic mass is 16.7. The van der Waals surface area contributed by atoms with Crippen molar-refractivity contribution in [1.82, 2.24) is 0 Å². The Balaban J connectivity index is 1.76. The second kappa shape index (κ2) is 6.90. The monoisotopic (exact) mass is 346 g/mol. The van der Waals surface area contributed by atoms with Crippen molar-refractivity contribution in [3.05, 3.63) is 35.9 Å². The van der Waals surface area contributed by atoms with E-state index in [0.717, 1.165) is 17.2 Å². The highest BCUT2D eigenvalue weighted by Gasteiger charge is 2.29. The molecule has 1 atom stereocenters. The van der Waals surface area contributed by atoms with Crippen molar-refractivity contribution in [2.24, 2.45) is 0 Å². The molecule has 0 aromatic heterocycles. The topological polar surface area (TPSA) is 74.2 Å². The number of phenolic OH excluding ortho intramolecular Hbond substituents is 1. The van der Waals surface area contributed by atoms with E-state index in [1.807, 2.05) is 32.0 Å². The molecule has 1 aliphatic heterocycles. The summed E-state index contributed by atoms with van der Waals surface area (Å²) in [4.78, 5) is 11.7. The lowest BCUT2D eigenvalue weighted by molar-refractivity contribution is -0.276. The van der Waals surface area contributed by atoms with E-state index in [1.165, 1.54) is 13.2 Å². The molecular weight excluding hydrogens is 324 g/mol. The van der Waals surface area contributed by atoms with E-state index in [2.05, 4.69) is 4.74 Å². The molecule has 3 rings (SSSR count). The first-order valence-corrected chi connectivity index (χ1v) is 8.17. The number of fused-ring (bicyclic) bond motifs is 1. The zero-order valence-corrected chi connectivity index (χ0v) is 14.6. The summed E-state index contributed by atoms with van der Waals surface area (Å²) in [6, 6.07) is 8.61. The number of phenols is 1. The van der Waals surface area contributed by atoms with Gasteiger partial charge in [-0.3, -0.25) is 0 Å². The Morgan fingerprint density at radius 1 is 1.28 bits per heavy atom. The third-order valence-electron chi connectivity index (χ3n) is 4.11. The molecular formula is C19H22O6. The van der Waals surface area contributed by atoms with Gasteiger partial charge in [0.05, 0.1) is 19.8 Å². The van der Waals surface area contributed by atoms with Gasteiger partial charge in [0.25, 0.3) is 0 Å². The van der Waals surface area contributed by atoms with E-state index >= 15 is 0 Å². The first kappa shape index (κ1) is 17.5. The largest absolute Gasteiger partial charge is 0.507 e. The van der Waals surface area contributed by atoms with Crippen LogP contribution in [0.15, 0.2) is 30.3 Å². The number of hydrogen-bond acceptors (Lipinski definition) is 6. The van der Waals surface area contributed by atoms with Crippen molar-refractivity contribution in [2.45, 2.75) is 32.2 Å². The molecule has 0 unspecified atom stereocenters. The molecule has 0 bridgehead atoms. The second-order valence-corrected chi connectivity index (χ2v) is 6.46. The number of esters is 1. The summed E-state index contributed by atoms with van der Waals surface area (Å²) >= 11 is 0. The Labute approximate surface area is 146 Å². The van der Waals surface area contributed by atoms with Gasteiger partial charge in [-0.1, -0.05) is 6.07 Å². The van der Waals surface area contributed by atoms with Gasteiger partial charge in [-0.2, -0.15) is 0 Å². The van der Waals surface area contributed by atoms with E-state index in [-0.39, 0.29) is 17.4 Å². The molecule has 6 nitrogen and oxygen atoms in total. The zero-order chi connectivity index (χ0) is 18.0. The summed E-state index contributed by atoms with van der Waals surface area (Å²) in [6.45, 7) is 4.83. The summed E-state index contributed by atoms with van der Waals surface area (Å²) < 4.78 is 21.9. The molecule has 2 aromatic carbocycles. The maximum absolute atomic E-state index is 11.7. The predicted octanol–water partition coefficient (Wildman–Crippen LogP) is 3.25. The van der Waals surface area contributed by atoms with Gasteiger partial charge >= 0.3 is 5.97 Å². The Morgan fingerprint density at radius 3 is 2.80 bits per heavy atom. The lowest BCUT2D eigenvalue weighted by atomic mass is 10.1. The van der Waals surface area contributed by atoms with Gasteiger partial charge in [-0.05, 0) is 48.9 Å². The summed E-state index contributed by atoms with van der Waals surface area (Å²) in [5.41, 5.74) is 0.127. The van der Waals surface area contributed by atoms with Crippen molar-refractivity contribution < 1.29 is 28.8 Å². The van der Waals surface area contributed by atoms with Crippen molar-refractivity contribution in [1.29, 1.82) is 0 Å². The second-order valence-electron chi connectivity index (χ2n) is 6.46. The number of ether oxygens (including phenoxy) is 4. The molecule has 0 aliphatic carbocycles. The van der Waals surface area contributed by atoms with Crippen LogP contribution in [0.5, 0.6) is 11.5 Å². The number of carbonyl (C=O) groups is 1. The molecule has 134 valence electrons. The highest BCUT2D eigenvalue weighted by molar-refractivity contribution is 5.98. The highest BCUT2D eigenvalue weighted by Crippen LogP contribution is 2.29. The van der Waals surface area contributed by atoms with Crippen molar-refractivity contribution >= 4 is 16.7 Å². The number of methoxy groups -OCH3 is 1. The Hall–Kier alpha value is -2.31. The van der Waals surface area contributed by atoms with Crippen LogP contribution in [-0.4, -0.2) is 43.3 Å². The van der Waals surface area contributed by atoms with Gasteiger partial charge in [0, 0.05) is 6.42 Å². The number of rotatable bonds is 4. The van der Waals surface area contributed by atoms with E-state index in [4.69, 9.17) is 14.2 Å². The summed E-state index contributed by atoms with van der Waals surface area (Å²) in [5, 5.41) is 11.5. The average Bonchev–Trinajstić information content (AvgIpc) is 2.58. The fraction of sp³-hybridized carbons (Fsp3) is 0.421. The number of hydrogen-bond donors (Lipinski definition) is 1. The number of benzene rings is 2. The van der Waals surface area contributed by atoms with E-state index < -0.39 is 11.8 Å². The van der Waals surface area contributed by atoms with Crippen molar-refractivity contribution in [2.75, 3.05) is 20.3 Å². The fourth-order valence-electron chi connectivity index (χ4n) is 2.86. The van der Waals surface area contributed by atoms with Gasteiger partial charge in [-0.15, -0.1) is 0 Å². The summed E-state index contributed by atoms with van der Waals surface area (Å²) in [6.07, 6.45) is 0.738. The third kappa shape index (κ3) is 4.03. The first-order valence-electron chi connectivity index (χ1n) is 8.17. The average molecular weight is 346 g/mol. The molecule has 1 N–H and O–H groups in total. The molecule has 6 heteroatoms. The van der Waals surface area contributed by atoms with E-state index in [0.29, 0.717) is 19.0 Å². The molecule has 25 heavy (non-hydrogen) atoms. The predicted molar refractivity (Wildman–Crippen MR) is 92.0 cm³/mol. The Bertz CT molecular complexity index is 783. The van der Waals surface area contributed by atoms with E-state index in [9.17, 15) is 9.90 Å². The van der Waals surface area contributed by atoms with Crippen LogP contribution in [0.4, 0.5) is 0 Å². The molecule has 1 aliphatic rings. The minimum atomic E-state index is -0.595. The van der Waals surface area contributed by atoms with Gasteiger partial charge in [0.1, 0.15) is 23.7 Å². The molecule has 0 spiro atoms. The maximum atomic E-state index is 11.7. The van der Waals surface area contributed by atoms with Gasteiger partial charge in [0.2, 0.25) is 0 Å². The van der Waals surface area contributed by atoms with Crippen LogP contribution >= 0.6 is 0 Å². The van der Waals surface area contributed by atoms with Crippen LogP contribution in [0.2, 0.25) is 0 Å². The molecule has 1 fully saturated rings. The normalized spacial score (nSPS) is 19.6. The quantitative estimate of drug-likeness (QED) is 0.857. The molecule has 0 amide bonds. The lowest BCUT2D eigenvalue weighted by Gasteiger charge is -2.35. The molecule has 1 heterocycles.